The van der Waals surface area contributed by atoms with Gasteiger partial charge in [-0.15, -0.1) is 10.2 Å². The number of aromatic nitrogens is 4. The molecule has 1 N–H and O–H groups in total. The molecule has 0 aliphatic rings. The minimum Gasteiger partial charge on any atom is -0.504 e. The first-order valence-electron chi connectivity index (χ1n) is 4.91. The maximum Gasteiger partial charge on any atom is 0.205 e. The van der Waals surface area contributed by atoms with Crippen LogP contribution in [0.2, 0.25) is 0 Å². The van der Waals surface area contributed by atoms with Crippen molar-refractivity contribution in [2.24, 2.45) is 7.05 Å². The predicted molar refractivity (Wildman–Crippen MR) is 57.1 cm³/mol. The van der Waals surface area contributed by atoms with Gasteiger partial charge in [-0.3, -0.25) is 0 Å². The molecule has 2 aromatic rings. The van der Waals surface area contributed by atoms with Crippen molar-refractivity contribution in [3.8, 4) is 22.9 Å². The summed E-state index contributed by atoms with van der Waals surface area (Å²) < 4.78 is 5.22. The van der Waals surface area contributed by atoms with E-state index >= 15 is 0 Å². The molecule has 0 bridgehead atoms. The highest BCUT2D eigenvalue weighted by atomic mass is 16.5. The molecule has 0 amide bonds. The first-order valence-corrected chi connectivity index (χ1v) is 4.91. The molecule has 0 fully saturated rings. The molecular weight excluding hydrogens is 208 g/mol. The second kappa shape index (κ2) is 4.18. The number of tetrazole rings is 1. The van der Waals surface area contributed by atoms with Gasteiger partial charge in [0.25, 0.3) is 0 Å². The molecule has 1 aromatic carbocycles. The van der Waals surface area contributed by atoms with E-state index in [4.69, 9.17) is 4.74 Å². The third kappa shape index (κ3) is 1.95. The summed E-state index contributed by atoms with van der Waals surface area (Å²) in [6.45, 7) is 2.37. The molecule has 0 atom stereocenters. The molecule has 0 saturated heterocycles. The molecule has 0 aliphatic heterocycles. The standard InChI is InChI=1S/C10H12N4O2/c1-3-16-9-5-4-7(6-8(9)15)10-11-13-14(2)12-10/h4-6,15H,3H2,1-2H3. The van der Waals surface area contributed by atoms with Gasteiger partial charge in [-0.05, 0) is 30.3 Å². The van der Waals surface area contributed by atoms with Crippen molar-refractivity contribution < 1.29 is 9.84 Å². The van der Waals surface area contributed by atoms with Crippen molar-refractivity contribution in [2.45, 2.75) is 6.92 Å². The van der Waals surface area contributed by atoms with Gasteiger partial charge in [-0.2, -0.15) is 4.80 Å². The molecule has 0 radical (unpaired) electrons. The van der Waals surface area contributed by atoms with Gasteiger partial charge >= 0.3 is 0 Å². The van der Waals surface area contributed by atoms with Crippen molar-refractivity contribution in [3.63, 3.8) is 0 Å². The van der Waals surface area contributed by atoms with Crippen LogP contribution in [-0.4, -0.2) is 31.9 Å². The monoisotopic (exact) mass is 220 g/mol. The number of aryl methyl sites for hydroxylation is 1. The van der Waals surface area contributed by atoms with E-state index in [0.29, 0.717) is 23.7 Å². The van der Waals surface area contributed by atoms with E-state index in [2.05, 4.69) is 15.4 Å². The van der Waals surface area contributed by atoms with E-state index in [1.165, 1.54) is 4.80 Å². The predicted octanol–water partition coefficient (Wildman–Crippen LogP) is 0.981. The highest BCUT2D eigenvalue weighted by Crippen LogP contribution is 2.29. The highest BCUT2D eigenvalue weighted by Gasteiger charge is 2.08. The lowest BCUT2D eigenvalue weighted by atomic mass is 10.2. The van der Waals surface area contributed by atoms with Gasteiger partial charge in [0.15, 0.2) is 11.5 Å². The van der Waals surface area contributed by atoms with E-state index in [0.717, 1.165) is 0 Å². The zero-order chi connectivity index (χ0) is 11.5. The number of rotatable bonds is 3. The van der Waals surface area contributed by atoms with Crippen molar-refractivity contribution in [1.29, 1.82) is 0 Å². The van der Waals surface area contributed by atoms with E-state index in [-0.39, 0.29) is 5.75 Å². The third-order valence-electron chi connectivity index (χ3n) is 2.03. The Morgan fingerprint density at radius 1 is 1.44 bits per heavy atom. The normalized spacial score (nSPS) is 10.4. The Kier molecular flexibility index (Phi) is 2.72. The minimum absolute atomic E-state index is 0.0757. The SMILES string of the molecule is CCOc1ccc(-c2nnn(C)n2)cc1O. The fraction of sp³-hybridized carbons (Fsp3) is 0.300. The number of benzene rings is 1. The zero-order valence-electron chi connectivity index (χ0n) is 9.08. The fourth-order valence-electron chi connectivity index (χ4n) is 1.33. The van der Waals surface area contributed by atoms with Crippen molar-refractivity contribution >= 4 is 0 Å². The van der Waals surface area contributed by atoms with Crippen LogP contribution >= 0.6 is 0 Å². The van der Waals surface area contributed by atoms with Gasteiger partial charge in [0.1, 0.15) is 0 Å². The Hall–Kier alpha value is -2.11. The Morgan fingerprint density at radius 2 is 2.25 bits per heavy atom. The number of ether oxygens (including phenoxy) is 1. The van der Waals surface area contributed by atoms with Crippen LogP contribution in [0.5, 0.6) is 11.5 Å². The summed E-state index contributed by atoms with van der Waals surface area (Å²) in [5, 5.41) is 21.3. The number of nitrogens with zero attached hydrogens (tertiary/aromatic N) is 4. The van der Waals surface area contributed by atoms with Crippen LogP contribution in [0.3, 0.4) is 0 Å². The molecule has 2 rings (SSSR count). The van der Waals surface area contributed by atoms with E-state index in [9.17, 15) is 5.11 Å². The summed E-state index contributed by atoms with van der Waals surface area (Å²) in [5.74, 6) is 1.00. The van der Waals surface area contributed by atoms with Gasteiger partial charge in [0.05, 0.1) is 13.7 Å². The Morgan fingerprint density at radius 3 is 2.81 bits per heavy atom. The quantitative estimate of drug-likeness (QED) is 0.834. The molecule has 6 nitrogen and oxygen atoms in total. The van der Waals surface area contributed by atoms with Crippen LogP contribution in [0, 0.1) is 0 Å². The molecule has 0 aliphatic carbocycles. The molecule has 1 aromatic heterocycles. The molecular formula is C10H12N4O2. The van der Waals surface area contributed by atoms with E-state index < -0.39 is 0 Å². The summed E-state index contributed by atoms with van der Waals surface area (Å²) in [5.41, 5.74) is 0.703. The number of aromatic hydroxyl groups is 1. The summed E-state index contributed by atoms with van der Waals surface area (Å²) in [4.78, 5) is 1.36. The average molecular weight is 220 g/mol. The number of hydrogen-bond acceptors (Lipinski definition) is 5. The maximum absolute atomic E-state index is 9.68. The number of phenolic OH excluding ortho intramolecular Hbond substituents is 1. The first-order chi connectivity index (χ1) is 7.70. The van der Waals surface area contributed by atoms with Gasteiger partial charge in [-0.1, -0.05) is 0 Å². The lowest BCUT2D eigenvalue weighted by Crippen LogP contribution is -1.93. The largest absolute Gasteiger partial charge is 0.504 e. The second-order valence-electron chi connectivity index (χ2n) is 3.22. The molecule has 0 spiro atoms. The third-order valence-corrected chi connectivity index (χ3v) is 2.03. The van der Waals surface area contributed by atoms with Crippen LogP contribution in [0.4, 0.5) is 0 Å². The molecule has 1 heterocycles. The second-order valence-corrected chi connectivity index (χ2v) is 3.22. The van der Waals surface area contributed by atoms with Crippen LogP contribution in [0.15, 0.2) is 18.2 Å². The Labute approximate surface area is 92.5 Å². The highest BCUT2D eigenvalue weighted by molar-refractivity contribution is 5.59. The number of hydrogen-bond donors (Lipinski definition) is 1. The lowest BCUT2D eigenvalue weighted by Gasteiger charge is -2.05. The van der Waals surface area contributed by atoms with Crippen molar-refractivity contribution in [2.75, 3.05) is 6.61 Å². The van der Waals surface area contributed by atoms with Crippen molar-refractivity contribution in [3.05, 3.63) is 18.2 Å². The van der Waals surface area contributed by atoms with Crippen molar-refractivity contribution in [1.82, 2.24) is 20.2 Å². The summed E-state index contributed by atoms with van der Waals surface area (Å²) in [6.07, 6.45) is 0. The van der Waals surface area contributed by atoms with Crippen LogP contribution in [0.1, 0.15) is 6.92 Å². The van der Waals surface area contributed by atoms with Gasteiger partial charge in [-0.25, -0.2) is 0 Å². The molecule has 0 saturated carbocycles. The van der Waals surface area contributed by atoms with Crippen LogP contribution in [0.25, 0.3) is 11.4 Å². The maximum atomic E-state index is 9.68. The molecule has 16 heavy (non-hydrogen) atoms. The summed E-state index contributed by atoms with van der Waals surface area (Å²) >= 11 is 0. The lowest BCUT2D eigenvalue weighted by molar-refractivity contribution is 0.318. The Bertz CT molecular complexity index is 495. The fourth-order valence-corrected chi connectivity index (χ4v) is 1.33. The van der Waals surface area contributed by atoms with Gasteiger partial charge < -0.3 is 9.84 Å². The minimum atomic E-state index is 0.0757. The molecule has 0 unspecified atom stereocenters. The van der Waals surface area contributed by atoms with Crippen LogP contribution in [-0.2, 0) is 7.05 Å². The van der Waals surface area contributed by atoms with Gasteiger partial charge in [0.2, 0.25) is 5.82 Å². The zero-order valence-corrected chi connectivity index (χ0v) is 9.08. The Balaban J connectivity index is 2.34. The average Bonchev–Trinajstić information content (AvgIpc) is 2.68. The van der Waals surface area contributed by atoms with Gasteiger partial charge in [0, 0.05) is 5.56 Å². The van der Waals surface area contributed by atoms with E-state index in [1.54, 1.807) is 25.2 Å². The van der Waals surface area contributed by atoms with Crippen LogP contribution < -0.4 is 4.74 Å². The smallest absolute Gasteiger partial charge is 0.205 e. The number of phenols is 1. The topological polar surface area (TPSA) is 73.1 Å². The molecule has 6 heteroatoms. The molecule has 84 valence electrons. The van der Waals surface area contributed by atoms with E-state index in [1.807, 2.05) is 6.92 Å². The first kappa shape index (κ1) is 10.4. The summed E-state index contributed by atoms with van der Waals surface area (Å²) in [7, 11) is 1.69. The summed E-state index contributed by atoms with van der Waals surface area (Å²) in [6, 6.07) is 5.02.